The van der Waals surface area contributed by atoms with Gasteiger partial charge in [-0.2, -0.15) is 4.98 Å². The molecule has 2 aromatic rings. The Morgan fingerprint density at radius 2 is 1.93 bits per heavy atom. The molecule has 2 aliphatic rings. The normalized spacial score (nSPS) is 19.2. The lowest BCUT2D eigenvalue weighted by atomic mass is 10.0. The Labute approximate surface area is 161 Å². The van der Waals surface area contributed by atoms with Gasteiger partial charge in [-0.1, -0.05) is 6.07 Å². The van der Waals surface area contributed by atoms with E-state index in [4.69, 9.17) is 9.72 Å². The predicted octanol–water partition coefficient (Wildman–Crippen LogP) is 1.81. The van der Waals surface area contributed by atoms with E-state index in [1.54, 1.807) is 0 Å². The summed E-state index contributed by atoms with van der Waals surface area (Å²) in [6, 6.07) is 6.70. The van der Waals surface area contributed by atoms with Crippen LogP contribution in [0.5, 0.6) is 0 Å². The van der Waals surface area contributed by atoms with E-state index in [2.05, 4.69) is 37.8 Å². The monoisotopic (exact) mass is 368 g/mol. The standard InChI is InChI=1S/C20H28N6O/c1-24(19-4-8-22-20(23-19)26-11-13-27-14-12-26)18-5-9-25(10-6-18)16-17-3-2-7-21-15-17/h2-4,7-8,15,18H,5-6,9-14,16H2,1H3. The van der Waals surface area contributed by atoms with Crippen LogP contribution < -0.4 is 9.80 Å². The van der Waals surface area contributed by atoms with E-state index in [1.807, 2.05) is 30.7 Å². The molecule has 4 heterocycles. The van der Waals surface area contributed by atoms with Crippen molar-refractivity contribution in [3.05, 3.63) is 42.4 Å². The molecule has 0 aliphatic carbocycles. The molecule has 7 heteroatoms. The third-order valence-corrected chi connectivity index (χ3v) is 5.52. The zero-order chi connectivity index (χ0) is 18.5. The molecular weight excluding hydrogens is 340 g/mol. The van der Waals surface area contributed by atoms with E-state index < -0.39 is 0 Å². The number of rotatable bonds is 5. The van der Waals surface area contributed by atoms with Crippen molar-refractivity contribution in [3.63, 3.8) is 0 Å². The van der Waals surface area contributed by atoms with Gasteiger partial charge in [0.2, 0.25) is 5.95 Å². The van der Waals surface area contributed by atoms with Gasteiger partial charge in [0.25, 0.3) is 0 Å². The summed E-state index contributed by atoms with van der Waals surface area (Å²) in [6.45, 7) is 6.41. The third kappa shape index (κ3) is 4.54. The SMILES string of the molecule is CN(c1ccnc(N2CCOCC2)n1)C1CCN(Cc2cccnc2)CC1. The average molecular weight is 368 g/mol. The van der Waals surface area contributed by atoms with Crippen molar-refractivity contribution in [2.75, 3.05) is 56.2 Å². The van der Waals surface area contributed by atoms with E-state index in [0.717, 1.165) is 70.5 Å². The topological polar surface area (TPSA) is 57.6 Å². The maximum Gasteiger partial charge on any atom is 0.227 e. The largest absolute Gasteiger partial charge is 0.378 e. The van der Waals surface area contributed by atoms with Crippen LogP contribution in [-0.2, 0) is 11.3 Å². The van der Waals surface area contributed by atoms with Crippen molar-refractivity contribution in [2.45, 2.75) is 25.4 Å². The molecule has 0 amide bonds. The number of likely N-dealkylation sites (tertiary alicyclic amines) is 1. The second-order valence-corrected chi connectivity index (χ2v) is 7.29. The fourth-order valence-corrected chi connectivity index (χ4v) is 3.85. The number of morpholine rings is 1. The van der Waals surface area contributed by atoms with E-state index >= 15 is 0 Å². The number of piperidine rings is 1. The van der Waals surface area contributed by atoms with E-state index in [1.165, 1.54) is 5.56 Å². The van der Waals surface area contributed by atoms with Gasteiger partial charge in [-0.25, -0.2) is 4.98 Å². The summed E-state index contributed by atoms with van der Waals surface area (Å²) >= 11 is 0. The summed E-state index contributed by atoms with van der Waals surface area (Å²) in [5.41, 5.74) is 1.29. The average Bonchev–Trinajstić information content (AvgIpc) is 2.75. The molecule has 0 N–H and O–H groups in total. The molecule has 0 atom stereocenters. The fraction of sp³-hybridized carbons (Fsp3) is 0.550. The van der Waals surface area contributed by atoms with Crippen LogP contribution in [0.1, 0.15) is 18.4 Å². The van der Waals surface area contributed by atoms with Crippen molar-refractivity contribution in [2.24, 2.45) is 0 Å². The molecule has 0 spiro atoms. The van der Waals surface area contributed by atoms with Crippen molar-refractivity contribution >= 4 is 11.8 Å². The number of anilines is 2. The van der Waals surface area contributed by atoms with Gasteiger partial charge in [0.15, 0.2) is 0 Å². The molecule has 4 rings (SSSR count). The molecule has 2 aliphatic heterocycles. The Kier molecular flexibility index (Phi) is 5.79. The van der Waals surface area contributed by atoms with Crippen LogP contribution in [0, 0.1) is 0 Å². The van der Waals surface area contributed by atoms with Crippen molar-refractivity contribution in [1.29, 1.82) is 0 Å². The molecule has 144 valence electrons. The maximum absolute atomic E-state index is 5.43. The first-order valence-corrected chi connectivity index (χ1v) is 9.79. The number of aromatic nitrogens is 3. The number of pyridine rings is 1. The third-order valence-electron chi connectivity index (χ3n) is 5.52. The zero-order valence-electron chi connectivity index (χ0n) is 16.0. The Bertz CT molecular complexity index is 713. The lowest BCUT2D eigenvalue weighted by Crippen LogP contribution is -2.43. The molecule has 0 radical (unpaired) electrons. The van der Waals surface area contributed by atoms with Gasteiger partial charge in [-0.05, 0) is 30.5 Å². The predicted molar refractivity (Wildman–Crippen MR) is 106 cm³/mol. The van der Waals surface area contributed by atoms with Crippen LogP contribution in [0.3, 0.4) is 0 Å². The molecule has 27 heavy (non-hydrogen) atoms. The van der Waals surface area contributed by atoms with Gasteiger partial charge in [0, 0.05) is 64.4 Å². The summed E-state index contributed by atoms with van der Waals surface area (Å²) in [4.78, 5) is 20.6. The fourth-order valence-electron chi connectivity index (χ4n) is 3.85. The first kappa shape index (κ1) is 18.1. The summed E-state index contributed by atoms with van der Waals surface area (Å²) in [5.74, 6) is 1.83. The van der Waals surface area contributed by atoms with E-state index in [9.17, 15) is 0 Å². The van der Waals surface area contributed by atoms with Gasteiger partial charge in [-0.15, -0.1) is 0 Å². The van der Waals surface area contributed by atoms with Gasteiger partial charge in [0.05, 0.1) is 13.2 Å². The Morgan fingerprint density at radius 3 is 2.67 bits per heavy atom. The lowest BCUT2D eigenvalue weighted by molar-refractivity contribution is 0.122. The highest BCUT2D eigenvalue weighted by Gasteiger charge is 2.24. The number of hydrogen-bond acceptors (Lipinski definition) is 7. The smallest absolute Gasteiger partial charge is 0.227 e. The molecule has 0 unspecified atom stereocenters. The van der Waals surface area contributed by atoms with E-state index in [-0.39, 0.29) is 0 Å². The molecule has 0 bridgehead atoms. The maximum atomic E-state index is 5.43. The van der Waals surface area contributed by atoms with Crippen LogP contribution in [0.2, 0.25) is 0 Å². The van der Waals surface area contributed by atoms with Crippen LogP contribution >= 0.6 is 0 Å². The first-order valence-electron chi connectivity index (χ1n) is 9.79. The van der Waals surface area contributed by atoms with Gasteiger partial charge in [0.1, 0.15) is 5.82 Å². The van der Waals surface area contributed by atoms with Crippen molar-refractivity contribution in [1.82, 2.24) is 19.9 Å². The quantitative estimate of drug-likeness (QED) is 0.798. The molecule has 2 fully saturated rings. The van der Waals surface area contributed by atoms with Crippen LogP contribution in [0.25, 0.3) is 0 Å². The lowest BCUT2D eigenvalue weighted by Gasteiger charge is -2.37. The molecule has 2 aromatic heterocycles. The zero-order valence-corrected chi connectivity index (χ0v) is 16.0. The Morgan fingerprint density at radius 1 is 1.11 bits per heavy atom. The highest BCUT2D eigenvalue weighted by atomic mass is 16.5. The van der Waals surface area contributed by atoms with Crippen LogP contribution in [0.15, 0.2) is 36.8 Å². The summed E-state index contributed by atoms with van der Waals surface area (Å²) in [7, 11) is 2.16. The summed E-state index contributed by atoms with van der Waals surface area (Å²) in [6.07, 6.45) is 7.96. The van der Waals surface area contributed by atoms with Crippen molar-refractivity contribution in [3.8, 4) is 0 Å². The van der Waals surface area contributed by atoms with E-state index in [0.29, 0.717) is 6.04 Å². The van der Waals surface area contributed by atoms with Gasteiger partial charge < -0.3 is 14.5 Å². The second kappa shape index (κ2) is 8.63. The minimum Gasteiger partial charge on any atom is -0.378 e. The second-order valence-electron chi connectivity index (χ2n) is 7.29. The van der Waals surface area contributed by atoms with Crippen LogP contribution in [0.4, 0.5) is 11.8 Å². The molecular formula is C20H28N6O. The molecule has 7 nitrogen and oxygen atoms in total. The first-order chi connectivity index (χ1) is 13.3. The summed E-state index contributed by atoms with van der Waals surface area (Å²) in [5, 5.41) is 0. The molecule has 2 saturated heterocycles. The highest BCUT2D eigenvalue weighted by Crippen LogP contribution is 2.23. The van der Waals surface area contributed by atoms with Crippen LogP contribution in [-0.4, -0.2) is 72.3 Å². The highest BCUT2D eigenvalue weighted by molar-refractivity contribution is 5.44. The van der Waals surface area contributed by atoms with Gasteiger partial charge >= 0.3 is 0 Å². The minimum absolute atomic E-state index is 0.516. The minimum atomic E-state index is 0.516. The van der Waals surface area contributed by atoms with Crippen molar-refractivity contribution < 1.29 is 4.74 Å². The number of hydrogen-bond donors (Lipinski definition) is 0. The number of nitrogens with zero attached hydrogens (tertiary/aromatic N) is 6. The molecule has 0 saturated carbocycles. The van der Waals surface area contributed by atoms with Gasteiger partial charge in [-0.3, -0.25) is 9.88 Å². The Balaban J connectivity index is 1.34. The number of ether oxygens (including phenoxy) is 1. The molecule has 0 aromatic carbocycles. The Hall–Kier alpha value is -2.25. The summed E-state index contributed by atoms with van der Waals surface area (Å²) < 4.78 is 5.43.